The zero-order valence-electron chi connectivity index (χ0n) is 4.50. The lowest BCUT2D eigenvalue weighted by Crippen LogP contribution is -2.38. The topological polar surface area (TPSA) is 12.0 Å². The molecule has 0 rings (SSSR count). The van der Waals surface area contributed by atoms with E-state index in [0.717, 1.165) is 0 Å². The van der Waals surface area contributed by atoms with Gasteiger partial charge < -0.3 is 4.65 Å². The monoisotopic (exact) mass is 116 g/mol. The van der Waals surface area contributed by atoms with E-state index >= 15 is 0 Å². The molecule has 0 aliphatic carbocycles. The summed E-state index contributed by atoms with van der Waals surface area (Å²) in [6.45, 7) is 6.67. The molecule has 0 heterocycles. The van der Waals surface area contributed by atoms with Crippen molar-refractivity contribution < 1.29 is 0 Å². The van der Waals surface area contributed by atoms with Gasteiger partial charge in [0.05, 0.1) is 0 Å². The lowest BCUT2D eigenvalue weighted by molar-refractivity contribution is 1.43. The van der Waals surface area contributed by atoms with Gasteiger partial charge in [0, 0.05) is 0 Å². The standard InChI is InChI=1S/C3H10NSi2/c1-6(2,3)4-5/h4H,1-3H3. The summed E-state index contributed by atoms with van der Waals surface area (Å²) in [4.78, 5) is 0. The summed E-state index contributed by atoms with van der Waals surface area (Å²) in [6.07, 6.45) is 0. The van der Waals surface area contributed by atoms with Crippen molar-refractivity contribution in [2.45, 2.75) is 19.6 Å². The van der Waals surface area contributed by atoms with Gasteiger partial charge in [-0.1, -0.05) is 19.6 Å². The molecular weight excluding hydrogens is 106 g/mol. The van der Waals surface area contributed by atoms with Crippen LogP contribution in [-0.4, -0.2) is 18.6 Å². The van der Waals surface area contributed by atoms with Crippen molar-refractivity contribution in [3.8, 4) is 0 Å². The van der Waals surface area contributed by atoms with E-state index in [1.54, 1.807) is 0 Å². The van der Waals surface area contributed by atoms with E-state index in [9.17, 15) is 0 Å². The highest BCUT2D eigenvalue weighted by atomic mass is 28.4. The first-order chi connectivity index (χ1) is 2.56. The largest absolute Gasteiger partial charge is 0.363 e. The minimum absolute atomic E-state index is 0.968. The maximum atomic E-state index is 3.22. The second kappa shape index (κ2) is 1.90. The second-order valence-corrected chi connectivity index (χ2v) is 7.88. The molecule has 0 bridgehead atoms. The van der Waals surface area contributed by atoms with Crippen molar-refractivity contribution in [1.82, 2.24) is 4.65 Å². The summed E-state index contributed by atoms with van der Waals surface area (Å²) in [5.74, 6) is 0. The van der Waals surface area contributed by atoms with E-state index in [2.05, 4.69) is 34.7 Å². The van der Waals surface area contributed by atoms with E-state index in [0.29, 0.717) is 0 Å². The quantitative estimate of drug-likeness (QED) is 0.492. The molecule has 1 nitrogen and oxygen atoms in total. The number of hydrogen-bond donors (Lipinski definition) is 1. The SMILES string of the molecule is C[Si](C)(C)N[Si]. The van der Waals surface area contributed by atoms with Crippen molar-refractivity contribution in [2.24, 2.45) is 0 Å². The first kappa shape index (κ1) is 6.39. The van der Waals surface area contributed by atoms with Crippen LogP contribution in [0.5, 0.6) is 0 Å². The zero-order chi connectivity index (χ0) is 5.21. The Labute approximate surface area is 43.7 Å². The fraction of sp³-hybridized carbons (Fsp3) is 1.00. The lowest BCUT2D eigenvalue weighted by atomic mass is 11.8. The molecule has 0 aromatic rings. The smallest absolute Gasteiger partial charge is 0.132 e. The molecule has 0 aliphatic rings. The third-order valence-corrected chi connectivity index (χ3v) is 3.38. The maximum absolute atomic E-state index is 3.22. The molecular formula is C3H10NSi2. The average molecular weight is 116 g/mol. The third-order valence-electron chi connectivity index (χ3n) is 0.375. The third kappa shape index (κ3) is 4.39. The van der Waals surface area contributed by atoms with Crippen LogP contribution in [-0.2, 0) is 0 Å². The molecule has 3 radical (unpaired) electrons. The Hall–Kier alpha value is 0.394. The van der Waals surface area contributed by atoms with Gasteiger partial charge in [0.15, 0.2) is 0 Å². The van der Waals surface area contributed by atoms with Gasteiger partial charge in [-0.2, -0.15) is 0 Å². The maximum Gasteiger partial charge on any atom is 0.132 e. The highest BCUT2D eigenvalue weighted by Crippen LogP contribution is 1.88. The molecule has 1 N–H and O–H groups in total. The van der Waals surface area contributed by atoms with Crippen LogP contribution >= 0.6 is 0 Å². The van der Waals surface area contributed by atoms with Crippen molar-refractivity contribution >= 4 is 18.6 Å². The van der Waals surface area contributed by atoms with Gasteiger partial charge in [-0.3, -0.25) is 0 Å². The number of nitrogens with one attached hydrogen (secondary N) is 1. The van der Waals surface area contributed by atoms with Crippen molar-refractivity contribution in [1.29, 1.82) is 0 Å². The average Bonchev–Trinajstić information content (AvgIpc) is 1.35. The van der Waals surface area contributed by atoms with Crippen LogP contribution in [0.1, 0.15) is 0 Å². The molecule has 0 spiro atoms. The van der Waals surface area contributed by atoms with Gasteiger partial charge in [-0.15, -0.1) is 0 Å². The van der Waals surface area contributed by atoms with Crippen molar-refractivity contribution in [3.05, 3.63) is 0 Å². The van der Waals surface area contributed by atoms with Crippen LogP contribution in [0.4, 0.5) is 0 Å². The van der Waals surface area contributed by atoms with Gasteiger partial charge in [-0.25, -0.2) is 0 Å². The Morgan fingerprint density at radius 2 is 1.50 bits per heavy atom. The molecule has 0 saturated carbocycles. The molecule has 3 heteroatoms. The van der Waals surface area contributed by atoms with Crippen LogP contribution in [0.3, 0.4) is 0 Å². The van der Waals surface area contributed by atoms with E-state index < -0.39 is 8.24 Å². The summed E-state index contributed by atoms with van der Waals surface area (Å²) in [6, 6.07) is 0. The molecule has 0 unspecified atom stereocenters. The van der Waals surface area contributed by atoms with Crippen LogP contribution in [0, 0.1) is 0 Å². The first-order valence-corrected chi connectivity index (χ1v) is 6.00. The predicted octanol–water partition coefficient (Wildman–Crippen LogP) is 0.494. The molecule has 0 saturated heterocycles. The Bertz CT molecular complexity index is 38.5. The van der Waals surface area contributed by atoms with E-state index in [1.807, 2.05) is 0 Å². The molecule has 0 atom stereocenters. The van der Waals surface area contributed by atoms with Gasteiger partial charge in [0.1, 0.15) is 18.6 Å². The summed E-state index contributed by atoms with van der Waals surface area (Å²) in [7, 11) is 2.26. The fourth-order valence-electron chi connectivity index (χ4n) is 0. The second-order valence-electron chi connectivity index (χ2n) is 2.38. The van der Waals surface area contributed by atoms with Crippen molar-refractivity contribution in [2.75, 3.05) is 0 Å². The Balaban J connectivity index is 3.17. The molecule has 35 valence electrons. The molecule has 0 amide bonds. The van der Waals surface area contributed by atoms with Gasteiger partial charge in [0.2, 0.25) is 0 Å². The van der Waals surface area contributed by atoms with Gasteiger partial charge in [-0.05, 0) is 0 Å². The number of rotatable bonds is 1. The highest BCUT2D eigenvalue weighted by Gasteiger charge is 2.06. The predicted molar refractivity (Wildman–Crippen MR) is 32.2 cm³/mol. The number of hydrogen-bond acceptors (Lipinski definition) is 1. The Morgan fingerprint density at radius 3 is 1.50 bits per heavy atom. The van der Waals surface area contributed by atoms with Gasteiger partial charge >= 0.3 is 0 Å². The van der Waals surface area contributed by atoms with Crippen molar-refractivity contribution in [3.63, 3.8) is 0 Å². The minimum atomic E-state index is -0.968. The normalized spacial score (nSPS) is 12.0. The van der Waals surface area contributed by atoms with Crippen LogP contribution in [0.15, 0.2) is 0 Å². The van der Waals surface area contributed by atoms with Gasteiger partial charge in [0.25, 0.3) is 0 Å². The molecule has 0 fully saturated rings. The molecule has 0 aromatic carbocycles. The summed E-state index contributed by atoms with van der Waals surface area (Å²) >= 11 is 0. The summed E-state index contributed by atoms with van der Waals surface area (Å²) in [5.41, 5.74) is 0. The minimum Gasteiger partial charge on any atom is -0.363 e. The fourth-order valence-corrected chi connectivity index (χ4v) is 0. The molecule has 0 aromatic heterocycles. The highest BCUT2D eigenvalue weighted by molar-refractivity contribution is 6.77. The summed E-state index contributed by atoms with van der Waals surface area (Å²) in [5, 5.41) is 0. The Morgan fingerprint density at radius 1 is 1.33 bits per heavy atom. The lowest BCUT2D eigenvalue weighted by Gasteiger charge is -2.11. The van der Waals surface area contributed by atoms with E-state index in [1.165, 1.54) is 0 Å². The van der Waals surface area contributed by atoms with Crippen LogP contribution in [0.25, 0.3) is 0 Å². The molecule has 6 heavy (non-hydrogen) atoms. The Kier molecular flexibility index (Phi) is 2.03. The summed E-state index contributed by atoms with van der Waals surface area (Å²) < 4.78 is 3.05. The van der Waals surface area contributed by atoms with E-state index in [4.69, 9.17) is 0 Å². The molecule has 0 aliphatic heterocycles. The zero-order valence-corrected chi connectivity index (χ0v) is 6.50. The first-order valence-electron chi connectivity index (χ1n) is 2.00. The van der Waals surface area contributed by atoms with Crippen LogP contribution in [0.2, 0.25) is 19.6 Å². The van der Waals surface area contributed by atoms with E-state index in [-0.39, 0.29) is 0 Å². The van der Waals surface area contributed by atoms with Crippen LogP contribution < -0.4 is 4.65 Å².